The van der Waals surface area contributed by atoms with Gasteiger partial charge in [0.2, 0.25) is 0 Å². The third-order valence-electron chi connectivity index (χ3n) is 4.93. The molecule has 4 aromatic rings. The van der Waals surface area contributed by atoms with Crippen LogP contribution in [-0.4, -0.2) is 29.7 Å². The Morgan fingerprint density at radius 3 is 2.52 bits per heavy atom. The molecule has 0 aliphatic rings. The molecule has 4 rings (SSSR count). The van der Waals surface area contributed by atoms with Crippen LogP contribution in [0.3, 0.4) is 0 Å². The van der Waals surface area contributed by atoms with Gasteiger partial charge in [-0.25, -0.2) is 4.98 Å². The van der Waals surface area contributed by atoms with Gasteiger partial charge in [0.15, 0.2) is 17.1 Å². The van der Waals surface area contributed by atoms with E-state index in [1.165, 1.54) is 20.3 Å². The average molecular weight is 449 g/mol. The quantitative estimate of drug-likeness (QED) is 0.458. The lowest BCUT2D eigenvalue weighted by Crippen LogP contribution is -2.15. The van der Waals surface area contributed by atoms with Crippen molar-refractivity contribution in [2.24, 2.45) is 0 Å². The van der Waals surface area contributed by atoms with Crippen molar-refractivity contribution in [3.63, 3.8) is 0 Å². The van der Waals surface area contributed by atoms with Crippen LogP contribution in [0.15, 0.2) is 57.8 Å². The number of amides is 1. The van der Waals surface area contributed by atoms with E-state index in [2.05, 4.69) is 10.3 Å². The number of nitrogens with zero attached hydrogens (tertiary/aromatic N) is 2. The molecule has 0 spiro atoms. The minimum absolute atomic E-state index is 0.0399. The molecule has 1 amide bonds. The highest BCUT2D eigenvalue weighted by atomic mass is 16.5. The summed E-state index contributed by atoms with van der Waals surface area (Å²) in [5.41, 5.74) is 2.35. The number of hydrogen-bond donors (Lipinski definition) is 1. The van der Waals surface area contributed by atoms with Crippen LogP contribution >= 0.6 is 0 Å². The molecular formula is C24H23N3O6. The number of anilines is 1. The van der Waals surface area contributed by atoms with Crippen LogP contribution in [0, 0.1) is 13.8 Å². The number of methoxy groups -OCH3 is 2. The number of fused-ring (bicyclic) bond motifs is 1. The largest absolute Gasteiger partial charge is 0.493 e. The van der Waals surface area contributed by atoms with Gasteiger partial charge in [-0.3, -0.25) is 9.59 Å². The van der Waals surface area contributed by atoms with Gasteiger partial charge in [-0.15, -0.1) is 4.57 Å². The van der Waals surface area contributed by atoms with E-state index in [4.69, 9.17) is 18.7 Å². The van der Waals surface area contributed by atoms with E-state index in [-0.39, 0.29) is 18.1 Å². The SMILES string of the molecule is COc1ccc(C(=O)Nc2cc(C)ccc2OCc2cc(=O)n3oc(C)cc3n2)cc1OC. The second kappa shape index (κ2) is 9.07. The molecule has 0 aliphatic heterocycles. The van der Waals surface area contributed by atoms with Crippen molar-refractivity contribution in [1.82, 2.24) is 9.56 Å². The van der Waals surface area contributed by atoms with Crippen LogP contribution in [0.2, 0.25) is 0 Å². The van der Waals surface area contributed by atoms with Gasteiger partial charge in [-0.2, -0.15) is 0 Å². The van der Waals surface area contributed by atoms with Gasteiger partial charge in [0.05, 0.1) is 25.6 Å². The molecule has 0 atom stereocenters. The highest BCUT2D eigenvalue weighted by molar-refractivity contribution is 6.05. The maximum atomic E-state index is 12.9. The number of benzene rings is 2. The molecule has 0 saturated carbocycles. The molecule has 0 bridgehead atoms. The van der Waals surface area contributed by atoms with Gasteiger partial charge in [-0.1, -0.05) is 6.07 Å². The van der Waals surface area contributed by atoms with Crippen molar-refractivity contribution in [1.29, 1.82) is 0 Å². The second-order valence-corrected chi connectivity index (χ2v) is 7.40. The minimum atomic E-state index is -0.336. The van der Waals surface area contributed by atoms with Gasteiger partial charge >= 0.3 is 0 Å². The predicted octanol–water partition coefficient (Wildman–Crippen LogP) is 3.75. The lowest BCUT2D eigenvalue weighted by atomic mass is 10.1. The Hall–Kier alpha value is -4.27. The number of carbonyl (C=O) groups is 1. The molecule has 0 fully saturated rings. The topological polar surface area (TPSA) is 104 Å². The first kappa shape index (κ1) is 21.9. The van der Waals surface area contributed by atoms with Gasteiger partial charge in [-0.05, 0) is 49.7 Å². The van der Waals surface area contributed by atoms with Crippen molar-refractivity contribution in [2.45, 2.75) is 20.5 Å². The number of carbonyl (C=O) groups excluding carboxylic acids is 1. The fraction of sp³-hybridized carbons (Fsp3) is 0.208. The molecule has 170 valence electrons. The number of aryl methyl sites for hydroxylation is 2. The Balaban J connectivity index is 1.55. The minimum Gasteiger partial charge on any atom is -0.493 e. The summed E-state index contributed by atoms with van der Waals surface area (Å²) in [6.45, 7) is 3.69. The fourth-order valence-corrected chi connectivity index (χ4v) is 3.34. The van der Waals surface area contributed by atoms with Crippen molar-refractivity contribution in [3.05, 3.63) is 81.5 Å². The summed E-state index contributed by atoms with van der Waals surface area (Å²) in [5.74, 6) is 1.67. The summed E-state index contributed by atoms with van der Waals surface area (Å²) in [4.78, 5) is 29.5. The van der Waals surface area contributed by atoms with Crippen LogP contribution in [0.5, 0.6) is 17.2 Å². The summed E-state index contributed by atoms with van der Waals surface area (Å²) in [6, 6.07) is 13.4. The maximum absolute atomic E-state index is 12.9. The molecule has 9 heteroatoms. The predicted molar refractivity (Wildman–Crippen MR) is 121 cm³/mol. The number of hydrogen-bond acceptors (Lipinski definition) is 7. The molecule has 33 heavy (non-hydrogen) atoms. The second-order valence-electron chi connectivity index (χ2n) is 7.40. The number of aromatic nitrogens is 2. The normalized spacial score (nSPS) is 10.8. The lowest BCUT2D eigenvalue weighted by molar-refractivity contribution is 0.102. The van der Waals surface area contributed by atoms with Crippen molar-refractivity contribution in [3.8, 4) is 17.2 Å². The zero-order chi connectivity index (χ0) is 23.5. The number of rotatable bonds is 7. The van der Waals surface area contributed by atoms with Crippen LogP contribution in [0.4, 0.5) is 5.69 Å². The van der Waals surface area contributed by atoms with Gasteiger partial charge < -0.3 is 24.1 Å². The molecule has 0 aliphatic carbocycles. The first-order valence-corrected chi connectivity index (χ1v) is 10.1. The highest BCUT2D eigenvalue weighted by Gasteiger charge is 2.14. The number of nitrogens with one attached hydrogen (secondary N) is 1. The third-order valence-corrected chi connectivity index (χ3v) is 4.93. The van der Waals surface area contributed by atoms with Gasteiger partial charge in [0, 0.05) is 17.7 Å². The molecule has 0 unspecified atom stereocenters. The molecule has 9 nitrogen and oxygen atoms in total. The highest BCUT2D eigenvalue weighted by Crippen LogP contribution is 2.30. The Bertz CT molecular complexity index is 1390. The summed E-state index contributed by atoms with van der Waals surface area (Å²) >= 11 is 0. The van der Waals surface area contributed by atoms with Crippen LogP contribution in [-0.2, 0) is 6.61 Å². The molecule has 2 aromatic carbocycles. The van der Waals surface area contributed by atoms with E-state index in [9.17, 15) is 9.59 Å². The Labute approximate surface area is 189 Å². The summed E-state index contributed by atoms with van der Waals surface area (Å²) in [6.07, 6.45) is 0. The zero-order valence-corrected chi connectivity index (χ0v) is 18.7. The standard InChI is InChI=1S/C24H23N3O6/c1-14-5-7-19(32-13-17-12-23(28)27-22(25-17)10-15(2)33-27)18(9-14)26-24(29)16-6-8-20(30-3)21(11-16)31-4/h5-12H,13H2,1-4H3,(H,26,29). The Morgan fingerprint density at radius 1 is 1.00 bits per heavy atom. The number of ether oxygens (including phenoxy) is 3. The molecule has 1 N–H and O–H groups in total. The van der Waals surface area contributed by atoms with Crippen molar-refractivity contribution in [2.75, 3.05) is 19.5 Å². The molecule has 0 saturated heterocycles. The van der Waals surface area contributed by atoms with E-state index in [0.29, 0.717) is 45.6 Å². The molecule has 2 aromatic heterocycles. The maximum Gasteiger partial charge on any atom is 0.287 e. The average Bonchev–Trinajstić information content (AvgIpc) is 3.18. The third kappa shape index (κ3) is 4.67. The fourth-order valence-electron chi connectivity index (χ4n) is 3.34. The van der Waals surface area contributed by atoms with E-state index in [1.54, 1.807) is 43.3 Å². The zero-order valence-electron chi connectivity index (χ0n) is 18.7. The van der Waals surface area contributed by atoms with E-state index in [1.807, 2.05) is 13.0 Å². The molecule has 2 heterocycles. The van der Waals surface area contributed by atoms with Crippen molar-refractivity contribution < 1.29 is 23.5 Å². The van der Waals surface area contributed by atoms with Gasteiger partial charge in [0.25, 0.3) is 11.5 Å². The summed E-state index contributed by atoms with van der Waals surface area (Å²) in [7, 11) is 3.04. The van der Waals surface area contributed by atoms with E-state index in [0.717, 1.165) is 10.1 Å². The smallest absolute Gasteiger partial charge is 0.287 e. The lowest BCUT2D eigenvalue weighted by Gasteiger charge is -2.14. The van der Waals surface area contributed by atoms with Crippen LogP contribution in [0.1, 0.15) is 27.4 Å². The molecule has 0 radical (unpaired) electrons. The monoisotopic (exact) mass is 449 g/mol. The summed E-state index contributed by atoms with van der Waals surface area (Å²) < 4.78 is 22.8. The Kier molecular flexibility index (Phi) is 6.03. The molecular weight excluding hydrogens is 426 g/mol. The van der Waals surface area contributed by atoms with Crippen LogP contribution in [0.25, 0.3) is 5.65 Å². The van der Waals surface area contributed by atoms with Crippen molar-refractivity contribution >= 4 is 17.2 Å². The van der Waals surface area contributed by atoms with Crippen LogP contribution < -0.4 is 25.1 Å². The van der Waals surface area contributed by atoms with E-state index >= 15 is 0 Å². The Morgan fingerprint density at radius 2 is 1.76 bits per heavy atom. The summed E-state index contributed by atoms with van der Waals surface area (Å²) in [5, 5.41) is 2.88. The first-order valence-electron chi connectivity index (χ1n) is 10.1. The first-order chi connectivity index (χ1) is 15.9. The van der Waals surface area contributed by atoms with Gasteiger partial charge in [0.1, 0.15) is 18.1 Å². The van der Waals surface area contributed by atoms with E-state index < -0.39 is 0 Å².